The Morgan fingerprint density at radius 1 is 0.929 bits per heavy atom. The first-order valence-corrected chi connectivity index (χ1v) is 9.98. The summed E-state index contributed by atoms with van der Waals surface area (Å²) in [4.78, 5) is 9.24. The molecule has 6 heteroatoms. The summed E-state index contributed by atoms with van der Waals surface area (Å²) in [7, 11) is 0. The zero-order valence-electron chi connectivity index (χ0n) is 14.9. The Labute approximate surface area is 175 Å². The van der Waals surface area contributed by atoms with Gasteiger partial charge in [0, 0.05) is 19.9 Å². The second-order valence-corrected chi connectivity index (χ2v) is 7.90. The van der Waals surface area contributed by atoms with Crippen LogP contribution in [0.25, 0.3) is 33.2 Å². The number of fused-ring (bicyclic) bond motifs is 2. The maximum Gasteiger partial charge on any atom is 0.162 e. The number of aromatic nitrogens is 4. The SMILES string of the molecule is Nc1nc(-c2ccc3c(cnn3Cc3ccccc3)c2)nc2cc(I)ccc12. The first-order chi connectivity index (χ1) is 13.7. The van der Waals surface area contributed by atoms with Crippen molar-refractivity contribution in [3.05, 3.63) is 82.1 Å². The molecule has 5 rings (SSSR count). The van der Waals surface area contributed by atoms with E-state index in [2.05, 4.69) is 56.9 Å². The number of benzene rings is 3. The first-order valence-electron chi connectivity index (χ1n) is 8.90. The Balaban J connectivity index is 1.56. The molecule has 2 aromatic heterocycles. The Bertz CT molecular complexity index is 1310. The second kappa shape index (κ2) is 6.87. The summed E-state index contributed by atoms with van der Waals surface area (Å²) >= 11 is 2.28. The molecule has 0 fully saturated rings. The van der Waals surface area contributed by atoms with Crippen molar-refractivity contribution < 1.29 is 0 Å². The highest BCUT2D eigenvalue weighted by Crippen LogP contribution is 2.27. The van der Waals surface area contributed by atoms with Crippen molar-refractivity contribution in [2.75, 3.05) is 5.73 Å². The third kappa shape index (κ3) is 3.09. The molecule has 0 aliphatic heterocycles. The molecule has 0 bridgehead atoms. The lowest BCUT2D eigenvalue weighted by Gasteiger charge is -2.07. The van der Waals surface area contributed by atoms with Crippen LogP contribution >= 0.6 is 22.6 Å². The molecular weight excluding hydrogens is 461 g/mol. The minimum Gasteiger partial charge on any atom is -0.383 e. The number of nitrogens with two attached hydrogens (primary N) is 1. The van der Waals surface area contributed by atoms with E-state index in [9.17, 15) is 0 Å². The third-order valence-corrected chi connectivity index (χ3v) is 5.43. The molecule has 0 saturated carbocycles. The third-order valence-electron chi connectivity index (χ3n) is 4.76. The van der Waals surface area contributed by atoms with Gasteiger partial charge in [0.15, 0.2) is 5.82 Å². The molecule has 3 aromatic carbocycles. The summed E-state index contributed by atoms with van der Waals surface area (Å²) in [6.07, 6.45) is 1.88. The molecule has 2 N–H and O–H groups in total. The lowest BCUT2D eigenvalue weighted by atomic mass is 10.1. The van der Waals surface area contributed by atoms with Crippen molar-refractivity contribution >= 4 is 50.2 Å². The number of nitrogens with zero attached hydrogens (tertiary/aromatic N) is 4. The van der Waals surface area contributed by atoms with Crippen molar-refractivity contribution in [1.29, 1.82) is 0 Å². The van der Waals surface area contributed by atoms with E-state index in [-0.39, 0.29) is 0 Å². The maximum atomic E-state index is 6.18. The maximum absolute atomic E-state index is 6.18. The molecule has 28 heavy (non-hydrogen) atoms. The van der Waals surface area contributed by atoms with Gasteiger partial charge < -0.3 is 5.73 Å². The molecular formula is C22H16IN5. The standard InChI is InChI=1S/C22H16IN5/c23-17-7-8-18-19(11-17)26-22(27-21(18)24)15-6-9-20-16(10-15)12-25-28(20)13-14-4-2-1-3-5-14/h1-12H,13H2,(H2,24,26,27). The molecule has 5 aromatic rings. The molecule has 0 atom stereocenters. The van der Waals surface area contributed by atoms with Crippen LogP contribution in [0, 0.1) is 3.57 Å². The number of hydrogen-bond donors (Lipinski definition) is 1. The number of halogens is 1. The number of rotatable bonds is 3. The van der Waals surface area contributed by atoms with Crippen molar-refractivity contribution in [3.63, 3.8) is 0 Å². The number of nitrogen functional groups attached to an aromatic ring is 1. The van der Waals surface area contributed by atoms with Crippen LogP contribution in [0.1, 0.15) is 5.56 Å². The van der Waals surface area contributed by atoms with Crippen LogP contribution in [0.2, 0.25) is 0 Å². The first kappa shape index (κ1) is 17.1. The van der Waals surface area contributed by atoms with Gasteiger partial charge in [-0.2, -0.15) is 5.10 Å². The van der Waals surface area contributed by atoms with Gasteiger partial charge in [0.2, 0.25) is 0 Å². The fraction of sp³-hybridized carbons (Fsp3) is 0.0455. The lowest BCUT2D eigenvalue weighted by molar-refractivity contribution is 0.712. The van der Waals surface area contributed by atoms with Crippen LogP contribution in [0.15, 0.2) is 72.9 Å². The zero-order valence-corrected chi connectivity index (χ0v) is 17.0. The Kier molecular flexibility index (Phi) is 4.20. The molecule has 0 unspecified atom stereocenters. The Morgan fingerprint density at radius 3 is 2.64 bits per heavy atom. The van der Waals surface area contributed by atoms with Crippen LogP contribution in [-0.2, 0) is 6.54 Å². The van der Waals surface area contributed by atoms with Crippen LogP contribution in [0.4, 0.5) is 5.82 Å². The van der Waals surface area contributed by atoms with Gasteiger partial charge in [0.05, 0.1) is 23.8 Å². The largest absolute Gasteiger partial charge is 0.383 e. The van der Waals surface area contributed by atoms with Gasteiger partial charge in [-0.15, -0.1) is 0 Å². The van der Waals surface area contributed by atoms with Crippen molar-refractivity contribution in [2.24, 2.45) is 0 Å². The minimum atomic E-state index is 0.497. The summed E-state index contributed by atoms with van der Waals surface area (Å²) in [5, 5.41) is 6.48. The van der Waals surface area contributed by atoms with Crippen LogP contribution < -0.4 is 5.73 Å². The molecule has 0 amide bonds. The van der Waals surface area contributed by atoms with Gasteiger partial charge in [0.25, 0.3) is 0 Å². The van der Waals surface area contributed by atoms with E-state index in [0.29, 0.717) is 11.6 Å². The number of hydrogen-bond acceptors (Lipinski definition) is 4. The predicted octanol–water partition coefficient (Wildman–Crippen LogP) is 4.88. The molecule has 0 radical (unpaired) electrons. The van der Waals surface area contributed by atoms with Gasteiger partial charge >= 0.3 is 0 Å². The van der Waals surface area contributed by atoms with E-state index >= 15 is 0 Å². The summed E-state index contributed by atoms with van der Waals surface area (Å²) in [6.45, 7) is 0.738. The van der Waals surface area contributed by atoms with E-state index in [1.165, 1.54) is 5.56 Å². The van der Waals surface area contributed by atoms with E-state index in [4.69, 9.17) is 10.7 Å². The fourth-order valence-corrected chi connectivity index (χ4v) is 3.84. The van der Waals surface area contributed by atoms with E-state index < -0.39 is 0 Å². The van der Waals surface area contributed by atoms with Gasteiger partial charge in [0.1, 0.15) is 5.82 Å². The molecule has 0 saturated heterocycles. The van der Waals surface area contributed by atoms with Gasteiger partial charge in [-0.1, -0.05) is 30.3 Å². The molecule has 0 spiro atoms. The smallest absolute Gasteiger partial charge is 0.162 e. The van der Waals surface area contributed by atoms with Crippen LogP contribution in [-0.4, -0.2) is 19.7 Å². The second-order valence-electron chi connectivity index (χ2n) is 6.66. The summed E-state index contributed by atoms with van der Waals surface area (Å²) in [6, 6.07) is 22.5. The van der Waals surface area contributed by atoms with E-state index in [0.717, 1.165) is 37.5 Å². The lowest BCUT2D eigenvalue weighted by Crippen LogP contribution is -2.01. The molecule has 2 heterocycles. The van der Waals surface area contributed by atoms with E-state index in [1.807, 2.05) is 53.3 Å². The molecule has 5 nitrogen and oxygen atoms in total. The number of anilines is 1. The van der Waals surface area contributed by atoms with Gasteiger partial charge in [-0.3, -0.25) is 4.68 Å². The highest BCUT2D eigenvalue weighted by molar-refractivity contribution is 14.1. The highest BCUT2D eigenvalue weighted by Gasteiger charge is 2.10. The van der Waals surface area contributed by atoms with Crippen LogP contribution in [0.5, 0.6) is 0 Å². The fourth-order valence-electron chi connectivity index (χ4n) is 3.36. The Hall–Kier alpha value is -3.00. The highest BCUT2D eigenvalue weighted by atomic mass is 127. The van der Waals surface area contributed by atoms with Crippen molar-refractivity contribution in [3.8, 4) is 11.4 Å². The van der Waals surface area contributed by atoms with Crippen molar-refractivity contribution in [1.82, 2.24) is 19.7 Å². The monoisotopic (exact) mass is 477 g/mol. The topological polar surface area (TPSA) is 69.6 Å². The summed E-state index contributed by atoms with van der Waals surface area (Å²) < 4.78 is 3.12. The predicted molar refractivity (Wildman–Crippen MR) is 121 cm³/mol. The zero-order chi connectivity index (χ0) is 19.1. The van der Waals surface area contributed by atoms with Gasteiger partial charge in [-0.25, -0.2) is 9.97 Å². The normalized spacial score (nSPS) is 11.3. The molecule has 0 aliphatic rings. The van der Waals surface area contributed by atoms with Gasteiger partial charge in [-0.05, 0) is 64.6 Å². The average Bonchev–Trinajstić information content (AvgIpc) is 3.10. The average molecular weight is 477 g/mol. The Morgan fingerprint density at radius 2 is 1.79 bits per heavy atom. The molecule has 0 aliphatic carbocycles. The van der Waals surface area contributed by atoms with Crippen molar-refractivity contribution in [2.45, 2.75) is 6.54 Å². The molecule has 136 valence electrons. The minimum absolute atomic E-state index is 0.497. The summed E-state index contributed by atoms with van der Waals surface area (Å²) in [5.41, 5.74) is 10.3. The summed E-state index contributed by atoms with van der Waals surface area (Å²) in [5.74, 6) is 1.13. The van der Waals surface area contributed by atoms with E-state index in [1.54, 1.807) is 0 Å². The quantitative estimate of drug-likeness (QED) is 0.376. The van der Waals surface area contributed by atoms with Crippen LogP contribution in [0.3, 0.4) is 0 Å².